The lowest BCUT2D eigenvalue weighted by atomic mass is 9.73. The number of pyridine rings is 1. The van der Waals surface area contributed by atoms with E-state index in [0.717, 1.165) is 12.8 Å². The average Bonchev–Trinajstić information content (AvgIpc) is 3.39. The fourth-order valence-electron chi connectivity index (χ4n) is 2.65. The quantitative estimate of drug-likeness (QED) is 0.447. The van der Waals surface area contributed by atoms with Gasteiger partial charge in [-0.1, -0.05) is 0 Å². The Morgan fingerprint density at radius 1 is 1.23 bits per heavy atom. The highest BCUT2D eigenvalue weighted by atomic mass is 16.5. The highest BCUT2D eigenvalue weighted by Crippen LogP contribution is 2.32. The first-order chi connectivity index (χ1) is 12.3. The Morgan fingerprint density at radius 2 is 1.92 bits per heavy atom. The van der Waals surface area contributed by atoms with Crippen molar-refractivity contribution in [1.29, 1.82) is 0 Å². The van der Waals surface area contributed by atoms with Gasteiger partial charge in [-0.25, -0.2) is 0 Å². The highest BCUT2D eigenvalue weighted by Gasteiger charge is 2.53. The normalized spacial score (nSPS) is 15.9. The van der Waals surface area contributed by atoms with Crippen molar-refractivity contribution >= 4 is 23.5 Å². The van der Waals surface area contributed by atoms with Crippen LogP contribution in [-0.2, 0) is 19.1 Å². The van der Waals surface area contributed by atoms with Crippen molar-refractivity contribution in [2.45, 2.75) is 32.6 Å². The Bertz CT molecular complexity index is 726. The molecule has 0 radical (unpaired) electrons. The molecule has 1 atom stereocenters. The van der Waals surface area contributed by atoms with E-state index in [0.29, 0.717) is 18.1 Å². The summed E-state index contributed by atoms with van der Waals surface area (Å²) in [6, 6.07) is 1.42. The van der Waals surface area contributed by atoms with Crippen LogP contribution in [0.1, 0.15) is 41.6 Å². The molecule has 0 saturated heterocycles. The molecular weight excluding hydrogens is 342 g/mol. The number of aliphatic carboxylic acids is 2. The first-order valence-corrected chi connectivity index (χ1v) is 8.30. The molecule has 140 valence electrons. The molecule has 1 aromatic rings. The number of carbonyl (C=O) groups excluding carboxylic acids is 2. The van der Waals surface area contributed by atoms with Crippen molar-refractivity contribution < 1.29 is 34.1 Å². The monoisotopic (exact) mass is 363 g/mol. The molecule has 1 aliphatic rings. The highest BCUT2D eigenvalue weighted by molar-refractivity contribution is 6.27. The maximum Gasteiger partial charge on any atom is 0.325 e. The fourth-order valence-corrected chi connectivity index (χ4v) is 2.65. The number of ketones is 2. The number of carboxylic acid groups (broad SMARTS) is 2. The summed E-state index contributed by atoms with van der Waals surface area (Å²) in [5.41, 5.74) is -1.93. The molecular formula is C18H21NO7. The molecule has 2 N–H and O–H groups in total. The number of carboxylic acids is 2. The van der Waals surface area contributed by atoms with E-state index >= 15 is 0 Å². The summed E-state index contributed by atoms with van der Waals surface area (Å²) in [6.45, 7) is 1.44. The Morgan fingerprint density at radius 3 is 2.46 bits per heavy atom. The number of carbonyl (C=O) groups is 4. The van der Waals surface area contributed by atoms with Crippen molar-refractivity contribution in [3.05, 3.63) is 29.6 Å². The van der Waals surface area contributed by atoms with Gasteiger partial charge in [0.2, 0.25) is 0 Å². The van der Waals surface area contributed by atoms with Crippen molar-refractivity contribution in [2.24, 2.45) is 11.3 Å². The molecule has 1 heterocycles. The van der Waals surface area contributed by atoms with Crippen LogP contribution in [0.5, 0.6) is 0 Å². The lowest BCUT2D eigenvalue weighted by molar-refractivity contribution is -0.154. The minimum absolute atomic E-state index is 0.0478. The van der Waals surface area contributed by atoms with E-state index in [-0.39, 0.29) is 5.56 Å². The minimum Gasteiger partial charge on any atom is -0.481 e. The zero-order valence-corrected chi connectivity index (χ0v) is 14.4. The Kier molecular flexibility index (Phi) is 6.20. The van der Waals surface area contributed by atoms with Crippen LogP contribution < -0.4 is 0 Å². The second-order valence-electron chi connectivity index (χ2n) is 6.57. The van der Waals surface area contributed by atoms with Crippen LogP contribution >= 0.6 is 0 Å². The van der Waals surface area contributed by atoms with Gasteiger partial charge in [-0.2, -0.15) is 0 Å². The molecule has 8 heteroatoms. The molecule has 8 nitrogen and oxygen atoms in total. The van der Waals surface area contributed by atoms with Gasteiger partial charge in [0.15, 0.2) is 17.0 Å². The topological polar surface area (TPSA) is 131 Å². The van der Waals surface area contributed by atoms with Crippen LogP contribution in [0.15, 0.2) is 18.5 Å². The maximum atomic E-state index is 12.9. The van der Waals surface area contributed by atoms with Crippen LogP contribution in [0.2, 0.25) is 0 Å². The summed E-state index contributed by atoms with van der Waals surface area (Å²) >= 11 is 0. The van der Waals surface area contributed by atoms with E-state index in [4.69, 9.17) is 9.84 Å². The SMILES string of the molecule is Cc1cncc(C(=O)C(CCC(=O)O)(C(=O)O)C(=O)COCC2CC2)c1. The molecule has 0 bridgehead atoms. The van der Waals surface area contributed by atoms with E-state index in [1.54, 1.807) is 6.92 Å². The van der Waals surface area contributed by atoms with Crippen LogP contribution in [0.3, 0.4) is 0 Å². The van der Waals surface area contributed by atoms with E-state index in [1.807, 2.05) is 0 Å². The lowest BCUT2D eigenvalue weighted by Crippen LogP contribution is -2.48. The van der Waals surface area contributed by atoms with Crippen molar-refractivity contribution in [3.8, 4) is 0 Å². The van der Waals surface area contributed by atoms with E-state index < -0.39 is 48.4 Å². The van der Waals surface area contributed by atoms with E-state index in [2.05, 4.69) is 4.98 Å². The van der Waals surface area contributed by atoms with E-state index in [9.17, 15) is 24.3 Å². The predicted molar refractivity (Wildman–Crippen MR) is 88.8 cm³/mol. The van der Waals surface area contributed by atoms with E-state index in [1.165, 1.54) is 18.5 Å². The number of Topliss-reactive ketones (excluding diaryl/α,β-unsaturated/α-hetero) is 2. The van der Waals surface area contributed by atoms with Crippen LogP contribution in [0.4, 0.5) is 0 Å². The largest absolute Gasteiger partial charge is 0.481 e. The minimum atomic E-state index is -2.50. The molecule has 1 saturated carbocycles. The first kappa shape index (κ1) is 19.7. The van der Waals surface area contributed by atoms with Gasteiger partial charge in [0, 0.05) is 31.0 Å². The fraction of sp³-hybridized carbons (Fsp3) is 0.500. The van der Waals surface area contributed by atoms with Gasteiger partial charge in [0.05, 0.1) is 0 Å². The summed E-state index contributed by atoms with van der Waals surface area (Å²) in [5, 5.41) is 18.7. The number of ether oxygens (including phenoxy) is 1. The van der Waals surface area contributed by atoms with Gasteiger partial charge < -0.3 is 14.9 Å². The van der Waals surface area contributed by atoms with Crippen molar-refractivity contribution in [2.75, 3.05) is 13.2 Å². The third kappa shape index (κ3) is 4.51. The predicted octanol–water partition coefficient (Wildman–Crippen LogP) is 1.50. The molecule has 1 fully saturated rings. The summed E-state index contributed by atoms with van der Waals surface area (Å²) in [5.74, 6) is -4.53. The molecule has 1 aromatic heterocycles. The number of aryl methyl sites for hydroxylation is 1. The number of hydrogen-bond donors (Lipinski definition) is 2. The van der Waals surface area contributed by atoms with Gasteiger partial charge in [-0.15, -0.1) is 0 Å². The maximum absolute atomic E-state index is 12.9. The summed E-state index contributed by atoms with van der Waals surface area (Å²) in [4.78, 5) is 52.4. The molecule has 0 amide bonds. The van der Waals surface area contributed by atoms with Gasteiger partial charge in [0.1, 0.15) is 6.61 Å². The summed E-state index contributed by atoms with van der Waals surface area (Å²) < 4.78 is 5.26. The van der Waals surface area contributed by atoms with Gasteiger partial charge >= 0.3 is 11.9 Å². The van der Waals surface area contributed by atoms with Crippen LogP contribution in [-0.4, -0.2) is 51.9 Å². The molecule has 2 rings (SSSR count). The molecule has 26 heavy (non-hydrogen) atoms. The number of aromatic nitrogens is 1. The lowest BCUT2D eigenvalue weighted by Gasteiger charge is -2.26. The van der Waals surface area contributed by atoms with Crippen LogP contribution in [0, 0.1) is 18.3 Å². The molecule has 0 spiro atoms. The third-order valence-corrected chi connectivity index (χ3v) is 4.36. The number of nitrogens with zero attached hydrogens (tertiary/aromatic N) is 1. The first-order valence-electron chi connectivity index (χ1n) is 8.30. The molecule has 0 aromatic carbocycles. The van der Waals surface area contributed by atoms with Crippen LogP contribution in [0.25, 0.3) is 0 Å². The molecule has 0 aliphatic heterocycles. The van der Waals surface area contributed by atoms with Crippen molar-refractivity contribution in [3.63, 3.8) is 0 Å². The second-order valence-corrected chi connectivity index (χ2v) is 6.57. The number of hydrogen-bond acceptors (Lipinski definition) is 6. The smallest absolute Gasteiger partial charge is 0.325 e. The standard InChI is InChI=1S/C18H21NO7/c1-11-6-13(8-19-7-11)16(23)18(17(24)25,5-4-15(21)22)14(20)10-26-9-12-2-3-12/h6-8,12H,2-5,9-10H2,1H3,(H,21,22)(H,24,25). The Balaban J connectivity index is 2.33. The Hall–Kier alpha value is -2.61. The zero-order valence-electron chi connectivity index (χ0n) is 14.4. The average molecular weight is 363 g/mol. The molecule has 1 aliphatic carbocycles. The van der Waals surface area contributed by atoms with Crippen molar-refractivity contribution in [1.82, 2.24) is 4.98 Å². The Labute approximate surface area is 150 Å². The summed E-state index contributed by atoms with van der Waals surface area (Å²) in [6.07, 6.45) is 3.36. The van der Waals surface area contributed by atoms with Gasteiger partial charge in [0.25, 0.3) is 0 Å². The zero-order chi connectivity index (χ0) is 19.3. The summed E-state index contributed by atoms with van der Waals surface area (Å²) in [7, 11) is 0. The number of rotatable bonds is 11. The van der Waals surface area contributed by atoms with Gasteiger partial charge in [-0.3, -0.25) is 24.2 Å². The van der Waals surface area contributed by atoms with Gasteiger partial charge in [-0.05, 0) is 43.7 Å². The second kappa shape index (κ2) is 8.18. The molecule has 1 unspecified atom stereocenters. The third-order valence-electron chi connectivity index (χ3n) is 4.36.